The SMILES string of the molecule is CC(=O)Cc1cc(Cl)c(C(C)C)o1. The summed E-state index contributed by atoms with van der Waals surface area (Å²) in [7, 11) is 0. The Morgan fingerprint density at radius 3 is 2.62 bits per heavy atom. The van der Waals surface area contributed by atoms with Gasteiger partial charge in [0.15, 0.2) is 0 Å². The number of furan rings is 1. The molecule has 0 bridgehead atoms. The fraction of sp³-hybridized carbons (Fsp3) is 0.500. The van der Waals surface area contributed by atoms with Crippen LogP contribution in [0.1, 0.15) is 38.2 Å². The van der Waals surface area contributed by atoms with Crippen molar-refractivity contribution in [2.45, 2.75) is 33.1 Å². The molecule has 72 valence electrons. The lowest BCUT2D eigenvalue weighted by atomic mass is 10.2. The molecule has 0 fully saturated rings. The van der Waals surface area contributed by atoms with Gasteiger partial charge in [0.05, 0.1) is 11.4 Å². The molecule has 0 radical (unpaired) electrons. The molecule has 0 aliphatic carbocycles. The molecule has 0 N–H and O–H groups in total. The maximum atomic E-state index is 10.8. The molecule has 1 aromatic heterocycles. The monoisotopic (exact) mass is 200 g/mol. The lowest BCUT2D eigenvalue weighted by Gasteiger charge is -1.99. The summed E-state index contributed by atoms with van der Waals surface area (Å²) in [6, 6.07) is 1.72. The highest BCUT2D eigenvalue weighted by atomic mass is 35.5. The molecule has 0 atom stereocenters. The number of halogens is 1. The fourth-order valence-electron chi connectivity index (χ4n) is 1.16. The van der Waals surface area contributed by atoms with E-state index >= 15 is 0 Å². The van der Waals surface area contributed by atoms with E-state index in [0.29, 0.717) is 17.2 Å². The van der Waals surface area contributed by atoms with Crippen molar-refractivity contribution in [3.8, 4) is 0 Å². The smallest absolute Gasteiger partial charge is 0.137 e. The van der Waals surface area contributed by atoms with Crippen molar-refractivity contribution >= 4 is 17.4 Å². The van der Waals surface area contributed by atoms with E-state index in [1.54, 1.807) is 6.07 Å². The van der Waals surface area contributed by atoms with Gasteiger partial charge in [-0.2, -0.15) is 0 Å². The number of carbonyl (C=O) groups excluding carboxylic acids is 1. The lowest BCUT2D eigenvalue weighted by Crippen LogP contribution is -1.93. The predicted octanol–water partition coefficient (Wildman–Crippen LogP) is 3.19. The number of ketones is 1. The van der Waals surface area contributed by atoms with E-state index in [1.165, 1.54) is 6.92 Å². The van der Waals surface area contributed by atoms with Gasteiger partial charge in [0.25, 0.3) is 0 Å². The van der Waals surface area contributed by atoms with Crippen molar-refractivity contribution in [1.82, 2.24) is 0 Å². The second-order valence-electron chi connectivity index (χ2n) is 3.46. The van der Waals surface area contributed by atoms with Crippen LogP contribution in [0.25, 0.3) is 0 Å². The van der Waals surface area contributed by atoms with Crippen LogP contribution in [0.3, 0.4) is 0 Å². The van der Waals surface area contributed by atoms with Gasteiger partial charge in [0, 0.05) is 5.92 Å². The van der Waals surface area contributed by atoms with E-state index in [4.69, 9.17) is 16.0 Å². The quantitative estimate of drug-likeness (QED) is 0.750. The van der Waals surface area contributed by atoms with Gasteiger partial charge in [-0.25, -0.2) is 0 Å². The highest BCUT2D eigenvalue weighted by Gasteiger charge is 2.13. The Morgan fingerprint density at radius 1 is 1.62 bits per heavy atom. The van der Waals surface area contributed by atoms with Gasteiger partial charge >= 0.3 is 0 Å². The number of hydrogen-bond acceptors (Lipinski definition) is 2. The molecule has 0 unspecified atom stereocenters. The molecule has 3 heteroatoms. The molecular formula is C10H13ClO2. The number of Topliss-reactive ketones (excluding diaryl/α,β-unsaturated/α-hetero) is 1. The van der Waals surface area contributed by atoms with Crippen molar-refractivity contribution in [2.24, 2.45) is 0 Å². The van der Waals surface area contributed by atoms with E-state index in [2.05, 4.69) is 0 Å². The minimum absolute atomic E-state index is 0.0840. The van der Waals surface area contributed by atoms with Gasteiger partial charge in [0.1, 0.15) is 17.3 Å². The lowest BCUT2D eigenvalue weighted by molar-refractivity contribution is -0.116. The molecule has 2 nitrogen and oxygen atoms in total. The van der Waals surface area contributed by atoms with Crippen LogP contribution in [0, 0.1) is 0 Å². The first-order valence-electron chi connectivity index (χ1n) is 4.28. The number of hydrogen-bond donors (Lipinski definition) is 0. The maximum absolute atomic E-state index is 10.8. The normalized spacial score (nSPS) is 10.8. The summed E-state index contributed by atoms with van der Waals surface area (Å²) in [5, 5.41) is 0.617. The molecule has 0 aromatic carbocycles. The van der Waals surface area contributed by atoms with Crippen molar-refractivity contribution in [2.75, 3.05) is 0 Å². The van der Waals surface area contributed by atoms with Gasteiger partial charge in [0.2, 0.25) is 0 Å². The number of rotatable bonds is 3. The van der Waals surface area contributed by atoms with Gasteiger partial charge in [-0.15, -0.1) is 0 Å². The van der Waals surface area contributed by atoms with Crippen LogP contribution in [-0.4, -0.2) is 5.78 Å². The second kappa shape index (κ2) is 3.97. The average Bonchev–Trinajstić information content (AvgIpc) is 2.29. The first-order valence-corrected chi connectivity index (χ1v) is 4.66. The molecule has 0 aliphatic rings. The van der Waals surface area contributed by atoms with E-state index in [1.807, 2.05) is 13.8 Å². The second-order valence-corrected chi connectivity index (χ2v) is 3.87. The molecule has 1 rings (SSSR count). The number of carbonyl (C=O) groups is 1. The Balaban J connectivity index is 2.88. The molecule has 0 aliphatic heterocycles. The standard InChI is InChI=1S/C10H13ClO2/c1-6(2)10-9(11)5-8(13-10)4-7(3)12/h5-6H,4H2,1-3H3. The molecule has 0 spiro atoms. The van der Waals surface area contributed by atoms with Crippen molar-refractivity contribution in [1.29, 1.82) is 0 Å². The highest BCUT2D eigenvalue weighted by molar-refractivity contribution is 6.31. The zero-order chi connectivity index (χ0) is 10.0. The average molecular weight is 201 g/mol. The van der Waals surface area contributed by atoms with E-state index in [0.717, 1.165) is 5.76 Å². The van der Waals surface area contributed by atoms with Gasteiger partial charge < -0.3 is 4.42 Å². The maximum Gasteiger partial charge on any atom is 0.137 e. The Morgan fingerprint density at radius 2 is 2.23 bits per heavy atom. The third-order valence-electron chi connectivity index (χ3n) is 1.71. The Hall–Kier alpha value is -0.760. The van der Waals surface area contributed by atoms with E-state index < -0.39 is 0 Å². The van der Waals surface area contributed by atoms with Gasteiger partial charge in [-0.1, -0.05) is 25.4 Å². The van der Waals surface area contributed by atoms with Crippen LogP contribution >= 0.6 is 11.6 Å². The minimum Gasteiger partial charge on any atom is -0.464 e. The Labute approximate surface area is 82.9 Å². The molecule has 0 amide bonds. The van der Waals surface area contributed by atoms with Crippen molar-refractivity contribution in [3.63, 3.8) is 0 Å². The summed E-state index contributed by atoms with van der Waals surface area (Å²) in [6.07, 6.45) is 0.326. The molecular weight excluding hydrogens is 188 g/mol. The molecule has 1 heterocycles. The molecule has 0 saturated carbocycles. The molecule has 13 heavy (non-hydrogen) atoms. The summed E-state index contributed by atoms with van der Waals surface area (Å²) in [5.74, 6) is 1.76. The first kappa shape index (κ1) is 10.3. The van der Waals surface area contributed by atoms with Gasteiger partial charge in [-0.05, 0) is 13.0 Å². The predicted molar refractivity (Wildman–Crippen MR) is 52.2 cm³/mol. The third kappa shape index (κ3) is 2.59. The largest absolute Gasteiger partial charge is 0.464 e. The molecule has 0 saturated heterocycles. The first-order chi connectivity index (χ1) is 6.00. The summed E-state index contributed by atoms with van der Waals surface area (Å²) < 4.78 is 5.43. The van der Waals surface area contributed by atoms with Crippen molar-refractivity contribution < 1.29 is 9.21 Å². The fourth-order valence-corrected chi connectivity index (χ4v) is 1.54. The Kier molecular flexibility index (Phi) is 3.15. The molecule has 1 aromatic rings. The van der Waals surface area contributed by atoms with Crippen LogP contribution in [0.15, 0.2) is 10.5 Å². The van der Waals surface area contributed by atoms with Crippen LogP contribution in [0.4, 0.5) is 0 Å². The van der Waals surface area contributed by atoms with Gasteiger partial charge in [-0.3, -0.25) is 4.79 Å². The van der Waals surface area contributed by atoms with Crippen LogP contribution in [0.2, 0.25) is 5.02 Å². The minimum atomic E-state index is 0.0840. The van der Waals surface area contributed by atoms with E-state index in [-0.39, 0.29) is 11.7 Å². The van der Waals surface area contributed by atoms with Crippen molar-refractivity contribution in [3.05, 3.63) is 22.6 Å². The summed E-state index contributed by atoms with van der Waals surface area (Å²) in [6.45, 7) is 5.54. The van der Waals surface area contributed by atoms with Crippen LogP contribution < -0.4 is 0 Å². The summed E-state index contributed by atoms with van der Waals surface area (Å²) in [4.78, 5) is 10.8. The van der Waals surface area contributed by atoms with E-state index in [9.17, 15) is 4.79 Å². The van der Waals surface area contributed by atoms with Crippen LogP contribution in [0.5, 0.6) is 0 Å². The Bertz CT molecular complexity index is 313. The van der Waals surface area contributed by atoms with Crippen LogP contribution in [-0.2, 0) is 11.2 Å². The highest BCUT2D eigenvalue weighted by Crippen LogP contribution is 2.27. The summed E-state index contributed by atoms with van der Waals surface area (Å²) >= 11 is 5.92. The topological polar surface area (TPSA) is 30.2 Å². The zero-order valence-electron chi connectivity index (χ0n) is 8.06. The third-order valence-corrected chi connectivity index (χ3v) is 2.01. The summed E-state index contributed by atoms with van der Waals surface area (Å²) in [5.41, 5.74) is 0. The zero-order valence-corrected chi connectivity index (χ0v) is 8.81.